The third-order valence-corrected chi connectivity index (χ3v) is 6.71. The number of fused-ring (bicyclic) bond motifs is 1. The molecule has 7 heteroatoms. The zero-order chi connectivity index (χ0) is 31.5. The monoisotopic (exact) mass is 584 g/mol. The Kier molecular flexibility index (Phi) is 11.9. The molecule has 1 heterocycles. The highest BCUT2D eigenvalue weighted by atomic mass is 16.5. The van der Waals surface area contributed by atoms with Crippen LogP contribution in [-0.4, -0.2) is 25.2 Å². The molecule has 0 N–H and O–H groups in total. The van der Waals surface area contributed by atoms with E-state index in [-0.39, 0.29) is 5.97 Å². The third kappa shape index (κ3) is 9.70. The van der Waals surface area contributed by atoms with Gasteiger partial charge in [-0.3, -0.25) is 0 Å². The van der Waals surface area contributed by atoms with E-state index in [9.17, 15) is 14.4 Å². The van der Waals surface area contributed by atoms with Gasteiger partial charge < -0.3 is 18.6 Å². The Labute approximate surface area is 253 Å². The Morgan fingerprint density at radius 2 is 1.33 bits per heavy atom. The van der Waals surface area contributed by atoms with Crippen molar-refractivity contribution in [3.05, 3.63) is 113 Å². The molecule has 0 saturated heterocycles. The molecule has 0 unspecified atom stereocenters. The van der Waals surface area contributed by atoms with Crippen LogP contribution in [-0.2, 0) is 31.9 Å². The van der Waals surface area contributed by atoms with E-state index in [1.807, 2.05) is 31.2 Å². The predicted molar refractivity (Wildman–Crippen MR) is 170 cm³/mol. The van der Waals surface area contributed by atoms with E-state index in [4.69, 9.17) is 18.6 Å². The summed E-state index contributed by atoms with van der Waals surface area (Å²) in [5.41, 5.74) is 4.74. The summed E-state index contributed by atoms with van der Waals surface area (Å²) in [4.78, 5) is 36.5. The number of hydrogen-bond donors (Lipinski definition) is 0. The van der Waals surface area contributed by atoms with Crippen molar-refractivity contribution in [3.8, 4) is 16.9 Å². The fourth-order valence-electron chi connectivity index (χ4n) is 4.26. The molecule has 0 radical (unpaired) electrons. The van der Waals surface area contributed by atoms with Crippen LogP contribution >= 0.6 is 0 Å². The molecule has 3 aromatic rings. The number of aryl methyl sites for hydroxylation is 2. The van der Waals surface area contributed by atoms with Gasteiger partial charge in [-0.1, -0.05) is 44.5 Å². The number of ether oxygens (including phenoxy) is 3. The molecule has 0 bridgehead atoms. The number of allylic oxidation sites excluding steroid dienone is 1. The second kappa shape index (κ2) is 15.5. The van der Waals surface area contributed by atoms with E-state index in [0.29, 0.717) is 71.8 Å². The number of unbranched alkanes of at least 4 members (excludes halogenated alkanes) is 2. The Morgan fingerprint density at radius 3 is 1.88 bits per heavy atom. The second-order valence-corrected chi connectivity index (χ2v) is 10.7. The molecule has 0 aliphatic carbocycles. The fourth-order valence-corrected chi connectivity index (χ4v) is 4.26. The van der Waals surface area contributed by atoms with Crippen LogP contribution in [0.4, 0.5) is 0 Å². The average molecular weight is 585 g/mol. The van der Waals surface area contributed by atoms with Gasteiger partial charge in [0.1, 0.15) is 17.1 Å². The number of carbonyl (C=O) groups excluding carboxylic acids is 2. The number of carbonyl (C=O) groups is 2. The van der Waals surface area contributed by atoms with E-state index in [1.165, 1.54) is 0 Å². The number of hydrogen-bond acceptors (Lipinski definition) is 7. The summed E-state index contributed by atoms with van der Waals surface area (Å²) in [6.45, 7) is 20.6. The molecule has 0 aliphatic heterocycles. The molecule has 0 amide bonds. The van der Waals surface area contributed by atoms with E-state index in [0.717, 1.165) is 41.3 Å². The summed E-state index contributed by atoms with van der Waals surface area (Å²) < 4.78 is 22.0. The zero-order valence-corrected chi connectivity index (χ0v) is 25.4. The Balaban J connectivity index is 1.83. The van der Waals surface area contributed by atoms with Crippen molar-refractivity contribution in [2.75, 3.05) is 13.2 Å². The first-order valence-corrected chi connectivity index (χ1v) is 14.3. The minimum Gasteiger partial charge on any atom is -0.462 e. The molecule has 2 aromatic carbocycles. The summed E-state index contributed by atoms with van der Waals surface area (Å²) in [6, 6.07) is 13.1. The van der Waals surface area contributed by atoms with Gasteiger partial charge >= 0.3 is 17.6 Å². The van der Waals surface area contributed by atoms with Crippen LogP contribution in [0.5, 0.6) is 5.75 Å². The summed E-state index contributed by atoms with van der Waals surface area (Å²) in [7, 11) is 0. The Bertz CT molecular complexity index is 1590. The van der Waals surface area contributed by atoms with Crippen molar-refractivity contribution < 1.29 is 28.2 Å². The molecular weight excluding hydrogens is 544 g/mol. The standard InChI is InChI=1S/C36H40O7/c1-23(2)26(7)42-31-16-14-28(15-17-31)32-22-30-21-27(12-8-10-18-40-34(37)24(3)4)20-29(33(30)43-36(32)39)13-9-11-19-41-35(38)25(5)6/h14-17,20-22H,1,3,5,7-13,18-19H2,2,4,6H3. The molecule has 0 spiro atoms. The fraction of sp³-hybridized carbons (Fsp3) is 0.306. The lowest BCUT2D eigenvalue weighted by atomic mass is 9.97. The van der Waals surface area contributed by atoms with Crippen molar-refractivity contribution in [3.63, 3.8) is 0 Å². The predicted octanol–water partition coefficient (Wildman–Crippen LogP) is 7.81. The Hall–Kier alpha value is -4.65. The molecule has 0 aliphatic rings. The van der Waals surface area contributed by atoms with Crippen molar-refractivity contribution >= 4 is 22.9 Å². The summed E-state index contributed by atoms with van der Waals surface area (Å²) >= 11 is 0. The van der Waals surface area contributed by atoms with Gasteiger partial charge in [0.25, 0.3) is 0 Å². The molecule has 1 aromatic heterocycles. The van der Waals surface area contributed by atoms with Crippen LogP contribution in [0.2, 0.25) is 0 Å². The maximum absolute atomic E-state index is 13.1. The van der Waals surface area contributed by atoms with Gasteiger partial charge in [0, 0.05) is 16.5 Å². The number of rotatable bonds is 16. The van der Waals surface area contributed by atoms with Gasteiger partial charge in [0.15, 0.2) is 0 Å². The summed E-state index contributed by atoms with van der Waals surface area (Å²) in [6.07, 6.45) is 4.32. The maximum atomic E-state index is 13.1. The van der Waals surface area contributed by atoms with Gasteiger partial charge in [-0.25, -0.2) is 14.4 Å². The van der Waals surface area contributed by atoms with Crippen molar-refractivity contribution in [2.45, 2.75) is 59.3 Å². The van der Waals surface area contributed by atoms with E-state index >= 15 is 0 Å². The van der Waals surface area contributed by atoms with Crippen molar-refractivity contribution in [1.29, 1.82) is 0 Å². The first kappa shape index (κ1) is 32.9. The zero-order valence-electron chi connectivity index (χ0n) is 25.4. The normalized spacial score (nSPS) is 10.7. The van der Waals surface area contributed by atoms with Crippen LogP contribution in [0, 0.1) is 0 Å². The lowest BCUT2D eigenvalue weighted by Crippen LogP contribution is -2.07. The third-order valence-electron chi connectivity index (χ3n) is 6.71. The highest BCUT2D eigenvalue weighted by molar-refractivity contribution is 5.87. The minimum atomic E-state index is -0.434. The molecule has 7 nitrogen and oxygen atoms in total. The smallest absolute Gasteiger partial charge is 0.344 e. The van der Waals surface area contributed by atoms with Crippen molar-refractivity contribution in [1.82, 2.24) is 0 Å². The summed E-state index contributed by atoms with van der Waals surface area (Å²) in [5, 5.41) is 0.820. The van der Waals surface area contributed by atoms with Crippen molar-refractivity contribution in [2.24, 2.45) is 0 Å². The number of benzene rings is 2. The Morgan fingerprint density at radius 1 is 0.744 bits per heavy atom. The topological polar surface area (TPSA) is 92.0 Å². The first-order chi connectivity index (χ1) is 20.5. The molecule has 43 heavy (non-hydrogen) atoms. The van der Waals surface area contributed by atoms with Gasteiger partial charge in [0.2, 0.25) is 0 Å². The molecule has 3 rings (SSSR count). The molecular formula is C36H40O7. The van der Waals surface area contributed by atoms with Gasteiger partial charge in [-0.2, -0.15) is 0 Å². The molecule has 226 valence electrons. The van der Waals surface area contributed by atoms with Gasteiger partial charge in [0.05, 0.1) is 18.8 Å². The summed E-state index contributed by atoms with van der Waals surface area (Å²) in [5.74, 6) is 0.278. The molecule has 0 saturated carbocycles. The lowest BCUT2D eigenvalue weighted by Gasteiger charge is -2.12. The maximum Gasteiger partial charge on any atom is 0.344 e. The average Bonchev–Trinajstić information content (AvgIpc) is 2.96. The largest absolute Gasteiger partial charge is 0.462 e. The minimum absolute atomic E-state index is 0.291. The lowest BCUT2D eigenvalue weighted by molar-refractivity contribution is -0.139. The second-order valence-electron chi connectivity index (χ2n) is 10.7. The van der Waals surface area contributed by atoms with E-state index < -0.39 is 11.6 Å². The van der Waals surface area contributed by atoms with Gasteiger partial charge in [-0.15, -0.1) is 0 Å². The van der Waals surface area contributed by atoms with Crippen LogP contribution in [0.3, 0.4) is 0 Å². The SMILES string of the molecule is C=C(C)C(=C)Oc1ccc(-c2cc3cc(CCCCOC(=O)C(=C)C)cc(CCCCOC(=O)C(=C)C)c3oc2=O)cc1. The molecule has 0 atom stereocenters. The molecule has 0 fully saturated rings. The van der Waals surface area contributed by atoms with Crippen LogP contribution in [0.25, 0.3) is 22.1 Å². The van der Waals surface area contributed by atoms with Crippen LogP contribution in [0.15, 0.2) is 100 Å². The van der Waals surface area contributed by atoms with E-state index in [2.05, 4.69) is 32.4 Å². The highest BCUT2D eigenvalue weighted by Crippen LogP contribution is 2.28. The van der Waals surface area contributed by atoms with Crippen LogP contribution in [0.1, 0.15) is 57.6 Å². The highest BCUT2D eigenvalue weighted by Gasteiger charge is 2.14. The number of esters is 2. The first-order valence-electron chi connectivity index (χ1n) is 14.3. The van der Waals surface area contributed by atoms with E-state index in [1.54, 1.807) is 26.0 Å². The van der Waals surface area contributed by atoms with Crippen LogP contribution < -0.4 is 10.4 Å². The van der Waals surface area contributed by atoms with Gasteiger partial charge in [-0.05, 0) is 106 Å². The quantitative estimate of drug-likeness (QED) is 0.0423.